The van der Waals surface area contributed by atoms with Gasteiger partial charge in [0.1, 0.15) is 6.61 Å². The van der Waals surface area contributed by atoms with Gasteiger partial charge in [-0.25, -0.2) is 4.79 Å². The van der Waals surface area contributed by atoms with Crippen LogP contribution in [0.3, 0.4) is 0 Å². The maximum Gasteiger partial charge on any atom is 0.407 e. The molecule has 0 aromatic heterocycles. The Labute approximate surface area is 153 Å². The van der Waals surface area contributed by atoms with Crippen LogP contribution in [0.4, 0.5) is 10.5 Å². The van der Waals surface area contributed by atoms with Crippen molar-refractivity contribution in [3.63, 3.8) is 0 Å². The molecule has 0 saturated heterocycles. The summed E-state index contributed by atoms with van der Waals surface area (Å²) in [7, 11) is 0. The van der Waals surface area contributed by atoms with E-state index in [1.54, 1.807) is 0 Å². The maximum atomic E-state index is 12.3. The van der Waals surface area contributed by atoms with Crippen LogP contribution in [0.15, 0.2) is 66.7 Å². The number of hydrogen-bond donors (Lipinski definition) is 2. The van der Waals surface area contributed by atoms with Crippen molar-refractivity contribution in [3.8, 4) is 0 Å². The van der Waals surface area contributed by atoms with E-state index in [0.29, 0.717) is 0 Å². The monoisotopic (exact) mass is 346 g/mol. The van der Waals surface area contributed by atoms with Gasteiger partial charge in [0.2, 0.25) is 0 Å². The number of amides is 1. The summed E-state index contributed by atoms with van der Waals surface area (Å²) in [6.07, 6.45) is 0.443. The topological polar surface area (TPSA) is 50.4 Å². The SMILES string of the molecule is C[C@H]1C[C@@H](NC(=O)OCc2ccccc2)c2ccc3ccccc3c2N1. The summed E-state index contributed by atoms with van der Waals surface area (Å²) in [5.74, 6) is 0. The van der Waals surface area contributed by atoms with Crippen LogP contribution in [0.25, 0.3) is 10.8 Å². The van der Waals surface area contributed by atoms with Gasteiger partial charge in [-0.1, -0.05) is 66.7 Å². The number of fused-ring (bicyclic) bond motifs is 3. The number of alkyl carbamates (subject to hydrolysis) is 1. The highest BCUT2D eigenvalue weighted by atomic mass is 16.5. The Morgan fingerprint density at radius 3 is 2.69 bits per heavy atom. The zero-order chi connectivity index (χ0) is 17.9. The summed E-state index contributed by atoms with van der Waals surface area (Å²) in [4.78, 5) is 12.3. The molecule has 0 radical (unpaired) electrons. The molecule has 4 heteroatoms. The van der Waals surface area contributed by atoms with Gasteiger partial charge in [-0.3, -0.25) is 0 Å². The molecule has 3 aromatic rings. The van der Waals surface area contributed by atoms with Crippen molar-refractivity contribution in [1.29, 1.82) is 0 Å². The molecular weight excluding hydrogens is 324 g/mol. The van der Waals surface area contributed by atoms with E-state index in [4.69, 9.17) is 4.74 Å². The van der Waals surface area contributed by atoms with E-state index < -0.39 is 0 Å². The largest absolute Gasteiger partial charge is 0.445 e. The van der Waals surface area contributed by atoms with E-state index in [2.05, 4.69) is 41.8 Å². The number of benzene rings is 3. The van der Waals surface area contributed by atoms with E-state index in [9.17, 15) is 4.79 Å². The summed E-state index contributed by atoms with van der Waals surface area (Å²) in [5, 5.41) is 8.99. The average Bonchev–Trinajstić information content (AvgIpc) is 2.67. The van der Waals surface area contributed by atoms with Crippen molar-refractivity contribution in [2.24, 2.45) is 0 Å². The number of ether oxygens (including phenoxy) is 1. The predicted molar refractivity (Wildman–Crippen MR) is 104 cm³/mol. The van der Waals surface area contributed by atoms with Crippen LogP contribution in [0, 0.1) is 0 Å². The third-order valence-corrected chi connectivity index (χ3v) is 4.82. The Morgan fingerprint density at radius 1 is 1.08 bits per heavy atom. The minimum atomic E-state index is -0.382. The van der Waals surface area contributed by atoms with Crippen molar-refractivity contribution < 1.29 is 9.53 Å². The highest BCUT2D eigenvalue weighted by Gasteiger charge is 2.27. The lowest BCUT2D eigenvalue weighted by molar-refractivity contribution is 0.134. The first-order valence-electron chi connectivity index (χ1n) is 8.96. The summed E-state index contributed by atoms with van der Waals surface area (Å²) >= 11 is 0. The number of nitrogens with one attached hydrogen (secondary N) is 2. The smallest absolute Gasteiger partial charge is 0.407 e. The van der Waals surface area contributed by atoms with Crippen LogP contribution in [0.2, 0.25) is 0 Å². The summed E-state index contributed by atoms with van der Waals surface area (Å²) in [6, 6.07) is 22.4. The summed E-state index contributed by atoms with van der Waals surface area (Å²) in [5.41, 5.74) is 3.20. The van der Waals surface area contributed by atoms with Gasteiger partial charge >= 0.3 is 6.09 Å². The van der Waals surface area contributed by atoms with Gasteiger partial charge in [0.05, 0.1) is 6.04 Å². The van der Waals surface area contributed by atoms with E-state index in [1.165, 1.54) is 10.8 Å². The molecule has 0 spiro atoms. The third kappa shape index (κ3) is 3.36. The molecule has 2 N–H and O–H groups in total. The number of anilines is 1. The molecule has 0 fully saturated rings. The number of carbonyl (C=O) groups is 1. The van der Waals surface area contributed by atoms with Gasteiger partial charge in [0, 0.05) is 17.1 Å². The van der Waals surface area contributed by atoms with Gasteiger partial charge < -0.3 is 15.4 Å². The van der Waals surface area contributed by atoms with Crippen molar-refractivity contribution in [1.82, 2.24) is 5.32 Å². The average molecular weight is 346 g/mol. The number of hydrogen-bond acceptors (Lipinski definition) is 3. The first-order valence-corrected chi connectivity index (χ1v) is 8.96. The molecule has 0 aliphatic carbocycles. The number of carbonyl (C=O) groups excluding carboxylic acids is 1. The van der Waals surface area contributed by atoms with Gasteiger partial charge in [-0.05, 0) is 29.9 Å². The highest BCUT2D eigenvalue weighted by Crippen LogP contribution is 2.37. The third-order valence-electron chi connectivity index (χ3n) is 4.82. The van der Waals surface area contributed by atoms with Crippen LogP contribution in [-0.2, 0) is 11.3 Å². The van der Waals surface area contributed by atoms with Gasteiger partial charge in [-0.15, -0.1) is 0 Å². The Bertz CT molecular complexity index is 924. The summed E-state index contributed by atoms with van der Waals surface area (Å²) < 4.78 is 5.40. The lowest BCUT2D eigenvalue weighted by Gasteiger charge is -2.32. The molecule has 0 bridgehead atoms. The van der Waals surface area contributed by atoms with Crippen LogP contribution in [0.5, 0.6) is 0 Å². The second-order valence-electron chi connectivity index (χ2n) is 6.79. The zero-order valence-electron chi connectivity index (χ0n) is 14.7. The van der Waals surface area contributed by atoms with Crippen molar-refractivity contribution in [2.45, 2.75) is 32.0 Å². The molecular formula is C22H22N2O2. The standard InChI is InChI=1S/C22H22N2O2/c1-15-13-20(24-22(25)26-14-16-7-3-2-4-8-16)19-12-11-17-9-5-6-10-18(17)21(19)23-15/h2-12,15,20,23H,13-14H2,1H3,(H,24,25)/t15-,20+/m0/s1. The Kier molecular flexibility index (Phi) is 4.48. The molecule has 1 heterocycles. The Hall–Kier alpha value is -3.01. The second kappa shape index (κ2) is 7.08. The van der Waals surface area contributed by atoms with Crippen LogP contribution >= 0.6 is 0 Å². The van der Waals surface area contributed by atoms with Crippen molar-refractivity contribution in [3.05, 3.63) is 77.9 Å². The van der Waals surface area contributed by atoms with Crippen LogP contribution < -0.4 is 10.6 Å². The first-order chi connectivity index (χ1) is 12.7. The maximum absolute atomic E-state index is 12.3. The van der Waals surface area contributed by atoms with Gasteiger partial charge in [0.25, 0.3) is 0 Å². The first kappa shape index (κ1) is 16.5. The summed E-state index contributed by atoms with van der Waals surface area (Å²) in [6.45, 7) is 2.41. The molecule has 0 saturated carbocycles. The zero-order valence-corrected chi connectivity index (χ0v) is 14.7. The minimum absolute atomic E-state index is 0.0610. The molecule has 0 unspecified atom stereocenters. The fourth-order valence-corrected chi connectivity index (χ4v) is 3.57. The quantitative estimate of drug-likeness (QED) is 0.701. The fraction of sp³-hybridized carbons (Fsp3) is 0.227. The lowest BCUT2D eigenvalue weighted by Crippen LogP contribution is -2.36. The molecule has 2 atom stereocenters. The molecule has 1 aliphatic rings. The molecule has 4 rings (SSSR count). The molecule has 26 heavy (non-hydrogen) atoms. The van der Waals surface area contributed by atoms with E-state index >= 15 is 0 Å². The van der Waals surface area contributed by atoms with E-state index in [-0.39, 0.29) is 24.8 Å². The Morgan fingerprint density at radius 2 is 1.85 bits per heavy atom. The molecule has 132 valence electrons. The number of rotatable bonds is 3. The van der Waals surface area contributed by atoms with Gasteiger partial charge in [-0.2, -0.15) is 0 Å². The van der Waals surface area contributed by atoms with E-state index in [0.717, 1.165) is 23.2 Å². The van der Waals surface area contributed by atoms with Crippen molar-refractivity contribution in [2.75, 3.05) is 5.32 Å². The van der Waals surface area contributed by atoms with E-state index in [1.807, 2.05) is 42.5 Å². The predicted octanol–water partition coefficient (Wildman–Crippen LogP) is 5.01. The fourth-order valence-electron chi connectivity index (χ4n) is 3.57. The highest BCUT2D eigenvalue weighted by molar-refractivity contribution is 5.96. The molecule has 1 aliphatic heterocycles. The van der Waals surface area contributed by atoms with Crippen LogP contribution in [-0.4, -0.2) is 12.1 Å². The van der Waals surface area contributed by atoms with Crippen molar-refractivity contribution >= 4 is 22.6 Å². The molecule has 3 aromatic carbocycles. The second-order valence-corrected chi connectivity index (χ2v) is 6.79. The van der Waals surface area contributed by atoms with Gasteiger partial charge in [0.15, 0.2) is 0 Å². The lowest BCUT2D eigenvalue weighted by atomic mass is 9.91. The Balaban J connectivity index is 1.52. The normalized spacial score (nSPS) is 18.7. The van der Waals surface area contributed by atoms with Crippen LogP contribution in [0.1, 0.15) is 30.5 Å². The molecule has 4 nitrogen and oxygen atoms in total. The minimum Gasteiger partial charge on any atom is -0.445 e. The molecule has 1 amide bonds.